The molecule has 2 heteroatoms. The number of rotatable bonds is 8. The predicted octanol–water partition coefficient (Wildman–Crippen LogP) is 3.17. The van der Waals surface area contributed by atoms with Crippen molar-refractivity contribution in [3.05, 3.63) is 12.7 Å². The number of hydrogen-bond donors (Lipinski definition) is 1. The average molecular weight is 202 g/mol. The van der Waals surface area contributed by atoms with Gasteiger partial charge in [0.1, 0.15) is 0 Å². The molecule has 0 N–H and O–H groups in total. The van der Waals surface area contributed by atoms with Crippen LogP contribution in [0.15, 0.2) is 12.7 Å². The topological polar surface area (TPSA) is 9.23 Å². The summed E-state index contributed by atoms with van der Waals surface area (Å²) < 4.78 is 5.55. The molecule has 0 aliphatic heterocycles. The summed E-state index contributed by atoms with van der Waals surface area (Å²) in [4.78, 5) is 0. The van der Waals surface area contributed by atoms with Gasteiger partial charge in [0.05, 0.1) is 6.61 Å². The van der Waals surface area contributed by atoms with Crippen LogP contribution < -0.4 is 0 Å². The van der Waals surface area contributed by atoms with Crippen LogP contribution >= 0.6 is 12.6 Å². The van der Waals surface area contributed by atoms with Crippen LogP contribution in [-0.2, 0) is 4.74 Å². The van der Waals surface area contributed by atoms with E-state index in [2.05, 4.69) is 33.1 Å². The lowest BCUT2D eigenvalue weighted by atomic mass is 9.99. The van der Waals surface area contributed by atoms with Gasteiger partial charge in [-0.15, -0.1) is 6.58 Å². The Labute approximate surface area is 88.0 Å². The fourth-order valence-corrected chi connectivity index (χ4v) is 1.55. The minimum atomic E-state index is 0.590. The van der Waals surface area contributed by atoms with Crippen molar-refractivity contribution in [2.24, 2.45) is 11.8 Å². The Morgan fingerprint density at radius 1 is 1.46 bits per heavy atom. The quantitative estimate of drug-likeness (QED) is 0.361. The average Bonchev–Trinajstić information content (AvgIpc) is 2.10. The monoisotopic (exact) mass is 202 g/mol. The van der Waals surface area contributed by atoms with Crippen LogP contribution in [0.5, 0.6) is 0 Å². The molecule has 0 saturated heterocycles. The first-order valence-corrected chi connectivity index (χ1v) is 5.65. The van der Waals surface area contributed by atoms with E-state index < -0.39 is 0 Å². The van der Waals surface area contributed by atoms with E-state index in [1.54, 1.807) is 0 Å². The van der Waals surface area contributed by atoms with Crippen LogP contribution in [0.1, 0.15) is 26.7 Å². The maximum atomic E-state index is 5.55. The van der Waals surface area contributed by atoms with Crippen LogP contribution in [0.3, 0.4) is 0 Å². The Bertz CT molecular complexity index is 123. The second-order valence-corrected chi connectivity index (χ2v) is 4.06. The minimum Gasteiger partial charge on any atom is -0.381 e. The molecular formula is C11H22OS. The van der Waals surface area contributed by atoms with Crippen LogP contribution in [0.25, 0.3) is 0 Å². The van der Waals surface area contributed by atoms with E-state index in [0.717, 1.165) is 31.8 Å². The molecule has 1 nitrogen and oxygen atoms in total. The zero-order chi connectivity index (χ0) is 10.1. The molecule has 13 heavy (non-hydrogen) atoms. The lowest BCUT2D eigenvalue weighted by Crippen LogP contribution is -2.17. The minimum absolute atomic E-state index is 0.590. The molecule has 0 aliphatic rings. The van der Waals surface area contributed by atoms with E-state index in [-0.39, 0.29) is 0 Å². The lowest BCUT2D eigenvalue weighted by molar-refractivity contribution is 0.0903. The third-order valence-corrected chi connectivity index (χ3v) is 2.68. The van der Waals surface area contributed by atoms with E-state index in [1.807, 2.05) is 6.08 Å². The molecule has 78 valence electrons. The Hall–Kier alpha value is 0.0500. The molecule has 0 radical (unpaired) electrons. The zero-order valence-electron chi connectivity index (χ0n) is 8.83. The van der Waals surface area contributed by atoms with Gasteiger partial charge in [0, 0.05) is 6.61 Å². The van der Waals surface area contributed by atoms with Gasteiger partial charge in [-0.2, -0.15) is 12.6 Å². The zero-order valence-corrected chi connectivity index (χ0v) is 9.72. The molecule has 0 aromatic rings. The summed E-state index contributed by atoms with van der Waals surface area (Å²) in [6.45, 7) is 9.80. The second-order valence-electron chi connectivity index (χ2n) is 3.69. The lowest BCUT2D eigenvalue weighted by Gasteiger charge is -2.18. The Morgan fingerprint density at radius 3 is 2.62 bits per heavy atom. The van der Waals surface area contributed by atoms with Crippen molar-refractivity contribution in [3.63, 3.8) is 0 Å². The largest absolute Gasteiger partial charge is 0.381 e. The molecule has 0 rings (SSSR count). The van der Waals surface area contributed by atoms with Crippen molar-refractivity contribution in [2.75, 3.05) is 19.0 Å². The van der Waals surface area contributed by atoms with Crippen molar-refractivity contribution in [2.45, 2.75) is 26.7 Å². The van der Waals surface area contributed by atoms with Gasteiger partial charge in [0.2, 0.25) is 0 Å². The SMILES string of the molecule is C=CCCCOCC(CS)C(C)C. The predicted molar refractivity (Wildman–Crippen MR) is 62.4 cm³/mol. The van der Waals surface area contributed by atoms with Crippen LogP contribution in [-0.4, -0.2) is 19.0 Å². The van der Waals surface area contributed by atoms with E-state index in [1.165, 1.54) is 0 Å². The fraction of sp³-hybridized carbons (Fsp3) is 0.818. The Balaban J connectivity index is 3.33. The van der Waals surface area contributed by atoms with Crippen LogP contribution in [0, 0.1) is 11.8 Å². The molecule has 1 unspecified atom stereocenters. The molecule has 0 aromatic heterocycles. The number of hydrogen-bond acceptors (Lipinski definition) is 2. The maximum Gasteiger partial charge on any atom is 0.0504 e. The first-order chi connectivity index (χ1) is 6.22. The molecule has 0 saturated carbocycles. The third-order valence-electron chi connectivity index (χ3n) is 2.21. The van der Waals surface area contributed by atoms with E-state index in [9.17, 15) is 0 Å². The van der Waals surface area contributed by atoms with Gasteiger partial charge in [-0.25, -0.2) is 0 Å². The molecule has 0 amide bonds. The van der Waals surface area contributed by atoms with Crippen molar-refractivity contribution in [3.8, 4) is 0 Å². The first-order valence-electron chi connectivity index (χ1n) is 5.01. The Kier molecular flexibility index (Phi) is 8.67. The normalized spacial score (nSPS) is 13.2. The summed E-state index contributed by atoms with van der Waals surface area (Å²) in [6, 6.07) is 0. The van der Waals surface area contributed by atoms with Gasteiger partial charge in [0.25, 0.3) is 0 Å². The molecule has 0 aromatic carbocycles. The number of unbranched alkanes of at least 4 members (excludes halogenated alkanes) is 1. The summed E-state index contributed by atoms with van der Waals surface area (Å²) in [6.07, 6.45) is 4.07. The molecule has 0 aliphatic carbocycles. The third kappa shape index (κ3) is 7.15. The van der Waals surface area contributed by atoms with E-state index >= 15 is 0 Å². The van der Waals surface area contributed by atoms with E-state index in [0.29, 0.717) is 11.8 Å². The van der Waals surface area contributed by atoms with E-state index in [4.69, 9.17) is 4.74 Å². The van der Waals surface area contributed by atoms with Gasteiger partial charge >= 0.3 is 0 Å². The molecular weight excluding hydrogens is 180 g/mol. The van der Waals surface area contributed by atoms with Gasteiger partial charge in [-0.3, -0.25) is 0 Å². The first kappa shape index (κ1) is 13.1. The highest BCUT2D eigenvalue weighted by Crippen LogP contribution is 2.12. The molecule has 0 heterocycles. The van der Waals surface area contributed by atoms with Crippen molar-refractivity contribution in [1.29, 1.82) is 0 Å². The molecule has 0 fully saturated rings. The smallest absolute Gasteiger partial charge is 0.0504 e. The van der Waals surface area contributed by atoms with Gasteiger partial charge in [0.15, 0.2) is 0 Å². The Morgan fingerprint density at radius 2 is 2.15 bits per heavy atom. The molecule has 0 bridgehead atoms. The van der Waals surface area contributed by atoms with Gasteiger partial charge in [-0.1, -0.05) is 19.9 Å². The summed E-state index contributed by atoms with van der Waals surface area (Å²) in [7, 11) is 0. The fourth-order valence-electron chi connectivity index (χ4n) is 1.02. The summed E-state index contributed by atoms with van der Waals surface area (Å²) in [5, 5.41) is 0. The molecule has 1 atom stereocenters. The summed E-state index contributed by atoms with van der Waals surface area (Å²) in [5.74, 6) is 2.17. The van der Waals surface area contributed by atoms with Crippen molar-refractivity contribution >= 4 is 12.6 Å². The summed E-state index contributed by atoms with van der Waals surface area (Å²) in [5.41, 5.74) is 0. The summed E-state index contributed by atoms with van der Waals surface area (Å²) >= 11 is 4.30. The second kappa shape index (κ2) is 8.64. The van der Waals surface area contributed by atoms with Crippen LogP contribution in [0.4, 0.5) is 0 Å². The van der Waals surface area contributed by atoms with Crippen LogP contribution in [0.2, 0.25) is 0 Å². The number of thiol groups is 1. The molecule has 0 spiro atoms. The number of ether oxygens (including phenoxy) is 1. The standard InChI is InChI=1S/C11H22OS/c1-4-5-6-7-12-8-11(9-13)10(2)3/h4,10-11,13H,1,5-9H2,2-3H3. The highest BCUT2D eigenvalue weighted by Gasteiger charge is 2.10. The van der Waals surface area contributed by atoms with Gasteiger partial charge in [-0.05, 0) is 30.4 Å². The maximum absolute atomic E-state index is 5.55. The van der Waals surface area contributed by atoms with Crippen molar-refractivity contribution in [1.82, 2.24) is 0 Å². The van der Waals surface area contributed by atoms with Crippen molar-refractivity contribution < 1.29 is 4.74 Å². The highest BCUT2D eigenvalue weighted by molar-refractivity contribution is 7.80. The highest BCUT2D eigenvalue weighted by atomic mass is 32.1. The van der Waals surface area contributed by atoms with Gasteiger partial charge < -0.3 is 4.74 Å². The number of allylic oxidation sites excluding steroid dienone is 1.